The fourth-order valence-corrected chi connectivity index (χ4v) is 1.21. The SMILES string of the molecule is CC(Cc1ccco1)NC(=O)NCC(=O)O. The lowest BCUT2D eigenvalue weighted by molar-refractivity contribution is -0.135. The minimum atomic E-state index is -1.08. The predicted molar refractivity (Wildman–Crippen MR) is 56.0 cm³/mol. The van der Waals surface area contributed by atoms with Gasteiger partial charge in [0.1, 0.15) is 12.3 Å². The van der Waals surface area contributed by atoms with E-state index in [9.17, 15) is 9.59 Å². The van der Waals surface area contributed by atoms with E-state index in [1.54, 1.807) is 12.3 Å². The first-order valence-electron chi connectivity index (χ1n) is 4.86. The van der Waals surface area contributed by atoms with Crippen molar-refractivity contribution in [2.75, 3.05) is 6.54 Å². The number of urea groups is 1. The third kappa shape index (κ3) is 4.50. The van der Waals surface area contributed by atoms with Gasteiger partial charge in [-0.15, -0.1) is 0 Å². The van der Waals surface area contributed by atoms with Crippen LogP contribution in [0, 0.1) is 0 Å². The molecule has 16 heavy (non-hydrogen) atoms. The molecular weight excluding hydrogens is 212 g/mol. The third-order valence-electron chi connectivity index (χ3n) is 1.87. The lowest BCUT2D eigenvalue weighted by atomic mass is 10.2. The number of carboxylic acids is 1. The highest BCUT2D eigenvalue weighted by Gasteiger charge is 2.09. The number of rotatable bonds is 5. The van der Waals surface area contributed by atoms with Crippen LogP contribution < -0.4 is 10.6 Å². The van der Waals surface area contributed by atoms with Gasteiger partial charge in [0.25, 0.3) is 0 Å². The molecule has 88 valence electrons. The van der Waals surface area contributed by atoms with E-state index < -0.39 is 12.0 Å². The van der Waals surface area contributed by atoms with Crippen molar-refractivity contribution in [1.82, 2.24) is 10.6 Å². The van der Waals surface area contributed by atoms with Gasteiger partial charge < -0.3 is 20.2 Å². The van der Waals surface area contributed by atoms with Crippen molar-refractivity contribution >= 4 is 12.0 Å². The third-order valence-corrected chi connectivity index (χ3v) is 1.87. The van der Waals surface area contributed by atoms with Crippen LogP contribution in [0.1, 0.15) is 12.7 Å². The van der Waals surface area contributed by atoms with Crippen molar-refractivity contribution in [1.29, 1.82) is 0 Å². The van der Waals surface area contributed by atoms with Gasteiger partial charge in [-0.05, 0) is 19.1 Å². The van der Waals surface area contributed by atoms with Gasteiger partial charge in [0, 0.05) is 12.5 Å². The fraction of sp³-hybridized carbons (Fsp3) is 0.400. The van der Waals surface area contributed by atoms with E-state index in [0.29, 0.717) is 6.42 Å². The van der Waals surface area contributed by atoms with E-state index in [0.717, 1.165) is 5.76 Å². The average Bonchev–Trinajstić information content (AvgIpc) is 2.67. The van der Waals surface area contributed by atoms with E-state index in [1.165, 1.54) is 0 Å². The van der Waals surface area contributed by atoms with E-state index in [-0.39, 0.29) is 12.6 Å². The molecule has 0 saturated carbocycles. The molecule has 1 aromatic rings. The van der Waals surface area contributed by atoms with Gasteiger partial charge in [-0.3, -0.25) is 4.79 Å². The largest absolute Gasteiger partial charge is 0.480 e. The normalized spacial score (nSPS) is 11.8. The summed E-state index contributed by atoms with van der Waals surface area (Å²) in [5.41, 5.74) is 0. The lowest BCUT2D eigenvalue weighted by Gasteiger charge is -2.12. The summed E-state index contributed by atoms with van der Waals surface area (Å²) < 4.78 is 5.12. The average molecular weight is 226 g/mol. The molecular formula is C10H14N2O4. The molecule has 3 N–H and O–H groups in total. The summed E-state index contributed by atoms with van der Waals surface area (Å²) in [5, 5.41) is 13.2. The van der Waals surface area contributed by atoms with E-state index >= 15 is 0 Å². The molecule has 1 rings (SSSR count). The molecule has 0 spiro atoms. The fourth-order valence-electron chi connectivity index (χ4n) is 1.21. The Balaban J connectivity index is 2.25. The zero-order chi connectivity index (χ0) is 12.0. The zero-order valence-corrected chi connectivity index (χ0v) is 8.90. The first kappa shape index (κ1) is 12.1. The number of carbonyl (C=O) groups is 2. The minimum absolute atomic E-state index is 0.125. The molecule has 6 nitrogen and oxygen atoms in total. The van der Waals surface area contributed by atoms with Crippen LogP contribution in [0.3, 0.4) is 0 Å². The summed E-state index contributed by atoms with van der Waals surface area (Å²) in [4.78, 5) is 21.4. The summed E-state index contributed by atoms with van der Waals surface area (Å²) >= 11 is 0. The molecule has 1 heterocycles. The standard InChI is InChI=1S/C10H14N2O4/c1-7(5-8-3-2-4-16-8)12-10(15)11-6-9(13)14/h2-4,7H,5-6H2,1H3,(H,13,14)(H2,11,12,15). The Bertz CT molecular complexity index is 348. The molecule has 0 radical (unpaired) electrons. The van der Waals surface area contributed by atoms with Crippen LogP contribution in [0.15, 0.2) is 22.8 Å². The second-order valence-corrected chi connectivity index (χ2v) is 3.41. The molecule has 0 aliphatic carbocycles. The minimum Gasteiger partial charge on any atom is -0.480 e. The highest BCUT2D eigenvalue weighted by atomic mass is 16.4. The zero-order valence-electron chi connectivity index (χ0n) is 8.90. The highest BCUT2D eigenvalue weighted by Crippen LogP contribution is 2.03. The molecule has 0 aromatic carbocycles. The molecule has 1 aromatic heterocycles. The molecule has 1 atom stereocenters. The van der Waals surface area contributed by atoms with Gasteiger partial charge >= 0.3 is 12.0 Å². The molecule has 2 amide bonds. The van der Waals surface area contributed by atoms with Gasteiger partial charge in [-0.1, -0.05) is 0 Å². The smallest absolute Gasteiger partial charge is 0.323 e. The Morgan fingerprint density at radius 1 is 1.56 bits per heavy atom. The van der Waals surface area contributed by atoms with Crippen LogP contribution in [0.5, 0.6) is 0 Å². The lowest BCUT2D eigenvalue weighted by Crippen LogP contribution is -2.43. The van der Waals surface area contributed by atoms with E-state index in [1.807, 2.05) is 13.0 Å². The first-order chi connectivity index (χ1) is 7.58. The van der Waals surface area contributed by atoms with Gasteiger partial charge in [0.2, 0.25) is 0 Å². The van der Waals surface area contributed by atoms with Crippen LogP contribution in [0.2, 0.25) is 0 Å². The van der Waals surface area contributed by atoms with Gasteiger partial charge in [0.05, 0.1) is 6.26 Å². The highest BCUT2D eigenvalue weighted by molar-refractivity contribution is 5.79. The summed E-state index contributed by atoms with van der Waals surface area (Å²) in [6.45, 7) is 1.42. The van der Waals surface area contributed by atoms with Crippen molar-refractivity contribution < 1.29 is 19.1 Å². The number of aliphatic carboxylic acids is 1. The number of hydrogen-bond acceptors (Lipinski definition) is 3. The maximum absolute atomic E-state index is 11.2. The van der Waals surface area contributed by atoms with Crippen molar-refractivity contribution in [3.8, 4) is 0 Å². The molecule has 1 unspecified atom stereocenters. The molecule has 0 aliphatic rings. The number of carboxylic acid groups (broad SMARTS) is 1. The topological polar surface area (TPSA) is 91.6 Å². The molecule has 0 fully saturated rings. The second-order valence-electron chi connectivity index (χ2n) is 3.41. The van der Waals surface area contributed by atoms with Crippen LogP contribution in [0.4, 0.5) is 4.79 Å². The van der Waals surface area contributed by atoms with Crippen LogP contribution in [-0.4, -0.2) is 29.7 Å². The van der Waals surface area contributed by atoms with Gasteiger partial charge in [-0.2, -0.15) is 0 Å². The van der Waals surface area contributed by atoms with E-state index in [2.05, 4.69) is 10.6 Å². The van der Waals surface area contributed by atoms with Crippen LogP contribution >= 0.6 is 0 Å². The molecule has 0 bridgehead atoms. The number of carbonyl (C=O) groups excluding carboxylic acids is 1. The maximum Gasteiger partial charge on any atom is 0.323 e. The Kier molecular flexibility index (Phi) is 4.38. The number of furan rings is 1. The van der Waals surface area contributed by atoms with Crippen LogP contribution in [0.25, 0.3) is 0 Å². The van der Waals surface area contributed by atoms with Crippen molar-refractivity contribution in [3.05, 3.63) is 24.2 Å². The van der Waals surface area contributed by atoms with Gasteiger partial charge in [0.15, 0.2) is 0 Å². The number of hydrogen-bond donors (Lipinski definition) is 3. The first-order valence-corrected chi connectivity index (χ1v) is 4.86. The van der Waals surface area contributed by atoms with Gasteiger partial charge in [-0.25, -0.2) is 4.79 Å². The van der Waals surface area contributed by atoms with Crippen molar-refractivity contribution in [3.63, 3.8) is 0 Å². The molecule has 0 saturated heterocycles. The molecule has 6 heteroatoms. The Hall–Kier alpha value is -1.98. The summed E-state index contributed by atoms with van der Waals surface area (Å²) in [6, 6.07) is 2.96. The number of nitrogens with one attached hydrogen (secondary N) is 2. The summed E-state index contributed by atoms with van der Waals surface area (Å²) in [7, 11) is 0. The second kappa shape index (κ2) is 5.79. The maximum atomic E-state index is 11.2. The number of amides is 2. The Morgan fingerprint density at radius 3 is 2.88 bits per heavy atom. The summed E-state index contributed by atoms with van der Waals surface area (Å²) in [5.74, 6) is -0.306. The molecule has 0 aliphatic heterocycles. The predicted octanol–water partition coefficient (Wildman–Crippen LogP) is 0.594. The van der Waals surface area contributed by atoms with Crippen LogP contribution in [-0.2, 0) is 11.2 Å². The quantitative estimate of drug-likeness (QED) is 0.685. The van der Waals surface area contributed by atoms with Crippen molar-refractivity contribution in [2.45, 2.75) is 19.4 Å². The Morgan fingerprint density at radius 2 is 2.31 bits per heavy atom. The van der Waals surface area contributed by atoms with E-state index in [4.69, 9.17) is 9.52 Å². The van der Waals surface area contributed by atoms with Crippen molar-refractivity contribution in [2.24, 2.45) is 0 Å². The summed E-state index contributed by atoms with van der Waals surface area (Å²) in [6.07, 6.45) is 2.13. The monoisotopic (exact) mass is 226 g/mol. The Labute approximate surface area is 92.6 Å².